The van der Waals surface area contributed by atoms with Crippen LogP contribution in [0.25, 0.3) is 17.0 Å². The van der Waals surface area contributed by atoms with Crippen molar-refractivity contribution in [2.24, 2.45) is 5.92 Å². The molecule has 0 radical (unpaired) electrons. The number of aromatic nitrogens is 2. The molecule has 2 amide bonds. The van der Waals surface area contributed by atoms with Gasteiger partial charge in [-0.3, -0.25) is 9.89 Å². The second-order valence-corrected chi connectivity index (χ2v) is 9.25. The van der Waals surface area contributed by atoms with Crippen LogP contribution in [0.15, 0.2) is 54.1 Å². The fourth-order valence-electron chi connectivity index (χ4n) is 5.25. The molecule has 2 fully saturated rings. The molecule has 1 aliphatic carbocycles. The van der Waals surface area contributed by atoms with Gasteiger partial charge in [-0.1, -0.05) is 62.2 Å². The van der Waals surface area contributed by atoms with E-state index in [0.717, 1.165) is 22.0 Å². The molecular formula is C27H29N3O3. The Kier molecular flexibility index (Phi) is 5.75. The van der Waals surface area contributed by atoms with Gasteiger partial charge in [0, 0.05) is 22.6 Å². The average molecular weight is 444 g/mol. The zero-order chi connectivity index (χ0) is 22.9. The summed E-state index contributed by atoms with van der Waals surface area (Å²) in [7, 11) is 0. The minimum Gasteiger partial charge on any atom is -0.446 e. The second kappa shape index (κ2) is 8.85. The Balaban J connectivity index is 1.38. The van der Waals surface area contributed by atoms with Crippen LogP contribution in [0, 0.1) is 5.92 Å². The van der Waals surface area contributed by atoms with Gasteiger partial charge in [0.15, 0.2) is 0 Å². The van der Waals surface area contributed by atoms with Gasteiger partial charge in [0.25, 0.3) is 5.91 Å². The van der Waals surface area contributed by atoms with E-state index in [1.54, 1.807) is 6.92 Å². The van der Waals surface area contributed by atoms with Gasteiger partial charge in [-0.15, -0.1) is 0 Å². The number of ether oxygens (including phenoxy) is 1. The Labute approximate surface area is 193 Å². The van der Waals surface area contributed by atoms with E-state index in [2.05, 4.69) is 23.2 Å². The van der Waals surface area contributed by atoms with Crippen LogP contribution in [0.3, 0.4) is 0 Å². The van der Waals surface area contributed by atoms with E-state index in [1.807, 2.05) is 48.5 Å². The lowest BCUT2D eigenvalue weighted by molar-refractivity contribution is -0.125. The molecule has 33 heavy (non-hydrogen) atoms. The van der Waals surface area contributed by atoms with Gasteiger partial charge in [0.05, 0.1) is 5.52 Å². The first kappa shape index (κ1) is 21.4. The molecule has 6 nitrogen and oxygen atoms in total. The van der Waals surface area contributed by atoms with E-state index in [1.165, 1.54) is 36.3 Å². The summed E-state index contributed by atoms with van der Waals surface area (Å²) < 4.78 is 5.20. The van der Waals surface area contributed by atoms with E-state index in [0.29, 0.717) is 17.4 Å². The summed E-state index contributed by atoms with van der Waals surface area (Å²) in [6.45, 7) is 4.19. The van der Waals surface area contributed by atoms with E-state index in [4.69, 9.17) is 4.74 Å². The third-order valence-electron chi connectivity index (χ3n) is 7.17. The van der Waals surface area contributed by atoms with Crippen LogP contribution in [0.2, 0.25) is 0 Å². The minimum absolute atomic E-state index is 0.170. The maximum Gasteiger partial charge on any atom is 0.417 e. The smallest absolute Gasteiger partial charge is 0.417 e. The van der Waals surface area contributed by atoms with Crippen LogP contribution in [0.4, 0.5) is 4.79 Å². The first-order valence-electron chi connectivity index (χ1n) is 11.7. The number of carbonyl (C=O) groups is 2. The number of aromatic amines is 1. The molecule has 1 unspecified atom stereocenters. The fourth-order valence-corrected chi connectivity index (χ4v) is 5.25. The number of rotatable bonds is 5. The highest BCUT2D eigenvalue weighted by molar-refractivity contribution is 6.06. The lowest BCUT2D eigenvalue weighted by Gasteiger charge is -2.20. The molecule has 6 heteroatoms. The van der Waals surface area contributed by atoms with Crippen LogP contribution in [-0.2, 0) is 9.53 Å². The Bertz CT molecular complexity index is 1210. The summed E-state index contributed by atoms with van der Waals surface area (Å²) in [5.41, 5.74) is 4.33. The SMILES string of the molecule is CC(=Cc1ccc2c(C(C)C3CCCC3)[nH]nc2c1)C(=O)N1C(=O)OC[C@H]1c1ccccc1. The van der Waals surface area contributed by atoms with E-state index in [9.17, 15) is 9.59 Å². The highest BCUT2D eigenvalue weighted by atomic mass is 16.6. The van der Waals surface area contributed by atoms with Crippen molar-refractivity contribution in [3.63, 3.8) is 0 Å². The second-order valence-electron chi connectivity index (χ2n) is 9.25. The summed E-state index contributed by atoms with van der Waals surface area (Å²) >= 11 is 0. The first-order valence-corrected chi connectivity index (χ1v) is 11.7. The highest BCUT2D eigenvalue weighted by Crippen LogP contribution is 2.38. The van der Waals surface area contributed by atoms with Crippen LogP contribution in [0.5, 0.6) is 0 Å². The van der Waals surface area contributed by atoms with Crippen LogP contribution in [0.1, 0.15) is 68.3 Å². The number of nitrogens with one attached hydrogen (secondary N) is 1. The largest absolute Gasteiger partial charge is 0.446 e. The van der Waals surface area contributed by atoms with Crippen LogP contribution < -0.4 is 0 Å². The van der Waals surface area contributed by atoms with Crippen molar-refractivity contribution in [1.29, 1.82) is 0 Å². The van der Waals surface area contributed by atoms with Crippen molar-refractivity contribution in [3.8, 4) is 0 Å². The van der Waals surface area contributed by atoms with Crippen molar-refractivity contribution < 1.29 is 14.3 Å². The molecule has 0 spiro atoms. The lowest BCUT2D eigenvalue weighted by Crippen LogP contribution is -2.34. The van der Waals surface area contributed by atoms with Gasteiger partial charge < -0.3 is 4.74 Å². The zero-order valence-corrected chi connectivity index (χ0v) is 19.1. The standard InChI is InChI=1S/C27H29N3O3/c1-17(26(31)30-24(16-33-27(30)32)21-10-4-3-5-11-21)14-19-12-13-22-23(15-19)28-29-25(22)18(2)20-8-6-7-9-20/h3-5,10-15,18,20,24H,6-9,16H2,1-2H3,(H,28,29)/t18?,24-/m0/s1. The van der Waals surface area contributed by atoms with E-state index in [-0.39, 0.29) is 12.5 Å². The van der Waals surface area contributed by atoms with Gasteiger partial charge >= 0.3 is 6.09 Å². The molecule has 2 aliphatic rings. The Morgan fingerprint density at radius 3 is 2.70 bits per heavy atom. The quantitative estimate of drug-likeness (QED) is 0.492. The molecule has 2 atom stereocenters. The first-order chi connectivity index (χ1) is 16.0. The van der Waals surface area contributed by atoms with Gasteiger partial charge in [0.2, 0.25) is 0 Å². The number of amides is 2. The molecule has 2 heterocycles. The van der Waals surface area contributed by atoms with Gasteiger partial charge in [-0.05, 0) is 49.0 Å². The number of fused-ring (bicyclic) bond motifs is 1. The summed E-state index contributed by atoms with van der Waals surface area (Å²) in [6.07, 6.45) is 6.41. The van der Waals surface area contributed by atoms with Crippen molar-refractivity contribution in [1.82, 2.24) is 15.1 Å². The van der Waals surface area contributed by atoms with E-state index < -0.39 is 12.1 Å². The predicted molar refractivity (Wildman–Crippen MR) is 127 cm³/mol. The van der Waals surface area contributed by atoms with Crippen molar-refractivity contribution in [2.45, 2.75) is 51.5 Å². The number of imide groups is 1. The molecule has 170 valence electrons. The molecule has 1 saturated heterocycles. The number of cyclic esters (lactones) is 1. The lowest BCUT2D eigenvalue weighted by atomic mass is 9.88. The molecule has 5 rings (SSSR count). The number of benzene rings is 2. The molecule has 0 bridgehead atoms. The monoisotopic (exact) mass is 443 g/mol. The summed E-state index contributed by atoms with van der Waals surface area (Å²) in [5, 5.41) is 8.94. The zero-order valence-electron chi connectivity index (χ0n) is 19.1. The van der Waals surface area contributed by atoms with Gasteiger partial charge in [0.1, 0.15) is 12.6 Å². The number of H-pyrrole nitrogens is 1. The number of carbonyl (C=O) groups excluding carboxylic acids is 2. The third-order valence-corrected chi connectivity index (χ3v) is 7.17. The molecule has 1 N–H and O–H groups in total. The Morgan fingerprint density at radius 2 is 1.94 bits per heavy atom. The predicted octanol–water partition coefficient (Wildman–Crippen LogP) is 5.98. The van der Waals surface area contributed by atoms with Crippen molar-refractivity contribution in [2.75, 3.05) is 6.61 Å². The molecule has 1 aliphatic heterocycles. The molecule has 2 aromatic carbocycles. The Morgan fingerprint density at radius 1 is 1.18 bits per heavy atom. The maximum absolute atomic E-state index is 13.2. The average Bonchev–Trinajstić information content (AvgIpc) is 3.58. The normalized spacial score (nSPS) is 20.4. The van der Waals surface area contributed by atoms with Gasteiger partial charge in [-0.2, -0.15) is 5.10 Å². The number of hydrogen-bond donors (Lipinski definition) is 1. The molecule has 1 aromatic heterocycles. The van der Waals surface area contributed by atoms with Crippen LogP contribution >= 0.6 is 0 Å². The third kappa shape index (κ3) is 4.06. The number of hydrogen-bond acceptors (Lipinski definition) is 4. The number of nitrogens with zero attached hydrogens (tertiary/aromatic N) is 2. The fraction of sp³-hybridized carbons (Fsp3) is 0.370. The Hall–Kier alpha value is -3.41. The van der Waals surface area contributed by atoms with E-state index >= 15 is 0 Å². The van der Waals surface area contributed by atoms with Crippen molar-refractivity contribution >= 4 is 29.0 Å². The maximum atomic E-state index is 13.2. The van der Waals surface area contributed by atoms with Crippen molar-refractivity contribution in [3.05, 3.63) is 70.9 Å². The summed E-state index contributed by atoms with van der Waals surface area (Å²) in [6, 6.07) is 15.2. The summed E-state index contributed by atoms with van der Waals surface area (Å²) in [4.78, 5) is 26.7. The van der Waals surface area contributed by atoms with Crippen LogP contribution in [-0.4, -0.2) is 33.7 Å². The minimum atomic E-state index is -0.602. The highest BCUT2D eigenvalue weighted by Gasteiger charge is 2.39. The topological polar surface area (TPSA) is 75.3 Å². The summed E-state index contributed by atoms with van der Waals surface area (Å²) in [5.74, 6) is 0.827. The molecule has 3 aromatic rings. The molecular weight excluding hydrogens is 414 g/mol. The van der Waals surface area contributed by atoms with Gasteiger partial charge in [-0.25, -0.2) is 9.69 Å². The molecule has 1 saturated carbocycles.